The minimum Gasteiger partial charge on any atom is -0.497 e. The molecule has 1 aromatic carbocycles. The molecule has 124 valence electrons. The molecule has 0 aromatic heterocycles. The number of fused-ring (bicyclic) bond motifs is 2. The smallest absolute Gasteiger partial charge is 0.243 e. The van der Waals surface area contributed by atoms with Crippen LogP contribution >= 0.6 is 12.4 Å². The maximum Gasteiger partial charge on any atom is 0.243 e. The van der Waals surface area contributed by atoms with Crippen LogP contribution in [0.3, 0.4) is 0 Å². The summed E-state index contributed by atoms with van der Waals surface area (Å²) in [6.07, 6.45) is 2.82. The van der Waals surface area contributed by atoms with E-state index in [9.17, 15) is 8.42 Å². The lowest BCUT2D eigenvalue weighted by molar-refractivity contribution is 0.334. The van der Waals surface area contributed by atoms with E-state index in [1.807, 2.05) is 6.92 Å². The average molecular weight is 347 g/mol. The molecule has 0 saturated carbocycles. The number of aryl methyl sites for hydroxylation is 1. The van der Waals surface area contributed by atoms with E-state index in [4.69, 9.17) is 4.74 Å². The molecule has 0 radical (unpaired) electrons. The molecule has 2 bridgehead atoms. The Morgan fingerprint density at radius 2 is 1.95 bits per heavy atom. The number of hydrogen-bond acceptors (Lipinski definition) is 4. The topological polar surface area (TPSA) is 58.6 Å². The third-order valence-electron chi connectivity index (χ3n) is 4.52. The second-order valence-corrected chi connectivity index (χ2v) is 7.66. The van der Waals surface area contributed by atoms with Gasteiger partial charge >= 0.3 is 0 Å². The van der Waals surface area contributed by atoms with Crippen LogP contribution in [0.25, 0.3) is 0 Å². The standard InChI is InChI=1S/C15H22N2O3S.ClH/c1-11-9-14(20-2)5-6-15(11)21(18,19)17-12-3-4-13(17)10-16-8-7-12;/h5-6,9,12-13,16H,3-4,7-8,10H2,1-2H3;1H. The molecule has 0 aliphatic carbocycles. The number of methoxy groups -OCH3 is 1. The monoisotopic (exact) mass is 346 g/mol. The van der Waals surface area contributed by atoms with Crippen LogP contribution in [0.4, 0.5) is 0 Å². The molecule has 2 unspecified atom stereocenters. The quantitative estimate of drug-likeness (QED) is 0.908. The van der Waals surface area contributed by atoms with Gasteiger partial charge in [-0.1, -0.05) is 0 Å². The SMILES string of the molecule is COc1ccc(S(=O)(=O)N2C3CCNCC2CC3)c(C)c1.Cl. The Balaban J connectivity index is 0.00000176. The first-order valence-corrected chi connectivity index (χ1v) is 8.87. The van der Waals surface area contributed by atoms with Gasteiger partial charge in [-0.15, -0.1) is 12.4 Å². The van der Waals surface area contributed by atoms with Crippen molar-refractivity contribution in [2.24, 2.45) is 0 Å². The lowest BCUT2D eigenvalue weighted by atomic mass is 10.1. The van der Waals surface area contributed by atoms with Crippen molar-refractivity contribution in [1.29, 1.82) is 0 Å². The van der Waals surface area contributed by atoms with Crippen LogP contribution in [-0.2, 0) is 10.0 Å². The first-order chi connectivity index (χ1) is 10.0. The summed E-state index contributed by atoms with van der Waals surface area (Å²) in [4.78, 5) is 0.405. The number of nitrogens with one attached hydrogen (secondary N) is 1. The third kappa shape index (κ3) is 2.97. The number of halogens is 1. The van der Waals surface area contributed by atoms with E-state index in [1.54, 1.807) is 29.6 Å². The summed E-state index contributed by atoms with van der Waals surface area (Å²) in [5.41, 5.74) is 0.742. The Kier molecular flexibility index (Phi) is 5.37. The molecule has 0 spiro atoms. The molecule has 7 heteroatoms. The van der Waals surface area contributed by atoms with Crippen LogP contribution < -0.4 is 10.1 Å². The average Bonchev–Trinajstić information content (AvgIpc) is 2.72. The van der Waals surface area contributed by atoms with Gasteiger partial charge in [0.25, 0.3) is 0 Å². The van der Waals surface area contributed by atoms with Gasteiger partial charge in [0, 0.05) is 18.6 Å². The Morgan fingerprint density at radius 3 is 2.64 bits per heavy atom. The first kappa shape index (κ1) is 17.5. The molecule has 5 nitrogen and oxygen atoms in total. The fourth-order valence-electron chi connectivity index (χ4n) is 3.48. The lowest BCUT2D eigenvalue weighted by Gasteiger charge is -2.27. The molecule has 2 aliphatic heterocycles. The molecule has 0 amide bonds. The predicted octanol–water partition coefficient (Wildman–Crippen LogP) is 1.94. The molecule has 1 N–H and O–H groups in total. The largest absolute Gasteiger partial charge is 0.497 e. The zero-order valence-electron chi connectivity index (χ0n) is 12.9. The van der Waals surface area contributed by atoms with Crippen molar-refractivity contribution in [2.75, 3.05) is 20.2 Å². The van der Waals surface area contributed by atoms with E-state index in [1.165, 1.54) is 0 Å². The van der Waals surface area contributed by atoms with Gasteiger partial charge in [-0.05, 0) is 56.5 Å². The lowest BCUT2D eigenvalue weighted by Crippen LogP contribution is -2.42. The second-order valence-electron chi connectivity index (χ2n) is 5.84. The summed E-state index contributed by atoms with van der Waals surface area (Å²) >= 11 is 0. The third-order valence-corrected chi connectivity index (χ3v) is 6.69. The zero-order chi connectivity index (χ0) is 15.0. The molecule has 2 fully saturated rings. The van der Waals surface area contributed by atoms with Gasteiger partial charge in [-0.3, -0.25) is 0 Å². The highest BCUT2D eigenvalue weighted by atomic mass is 35.5. The fourth-order valence-corrected chi connectivity index (χ4v) is 5.59. The van der Waals surface area contributed by atoms with Crippen LogP contribution in [0.15, 0.2) is 23.1 Å². The first-order valence-electron chi connectivity index (χ1n) is 7.43. The minimum atomic E-state index is -3.44. The van der Waals surface area contributed by atoms with E-state index >= 15 is 0 Å². The van der Waals surface area contributed by atoms with Gasteiger partial charge in [-0.25, -0.2) is 8.42 Å². The van der Waals surface area contributed by atoms with Crippen molar-refractivity contribution in [3.05, 3.63) is 23.8 Å². The maximum absolute atomic E-state index is 13.1. The zero-order valence-corrected chi connectivity index (χ0v) is 14.5. The molecule has 1 aromatic rings. The number of ether oxygens (including phenoxy) is 1. The number of rotatable bonds is 3. The molecule has 2 atom stereocenters. The van der Waals surface area contributed by atoms with Crippen LogP contribution in [0.1, 0.15) is 24.8 Å². The van der Waals surface area contributed by atoms with Gasteiger partial charge in [0.15, 0.2) is 0 Å². The fraction of sp³-hybridized carbons (Fsp3) is 0.600. The van der Waals surface area contributed by atoms with Crippen molar-refractivity contribution in [3.8, 4) is 5.75 Å². The van der Waals surface area contributed by atoms with Gasteiger partial charge in [0.1, 0.15) is 5.75 Å². The highest BCUT2D eigenvalue weighted by molar-refractivity contribution is 7.89. The van der Waals surface area contributed by atoms with Crippen molar-refractivity contribution in [1.82, 2.24) is 9.62 Å². The number of benzene rings is 1. The highest BCUT2D eigenvalue weighted by Gasteiger charge is 2.43. The van der Waals surface area contributed by atoms with E-state index in [0.29, 0.717) is 10.6 Å². The number of nitrogens with zero attached hydrogens (tertiary/aromatic N) is 1. The van der Waals surface area contributed by atoms with Crippen LogP contribution in [0, 0.1) is 6.92 Å². The molecule has 2 aliphatic rings. The van der Waals surface area contributed by atoms with Crippen molar-refractivity contribution < 1.29 is 13.2 Å². The molecule has 2 saturated heterocycles. The van der Waals surface area contributed by atoms with Crippen molar-refractivity contribution >= 4 is 22.4 Å². The molecule has 22 heavy (non-hydrogen) atoms. The highest BCUT2D eigenvalue weighted by Crippen LogP contribution is 2.35. The Labute approximate surface area is 138 Å². The molecule has 2 heterocycles. The summed E-state index contributed by atoms with van der Waals surface area (Å²) < 4.78 is 33.1. The van der Waals surface area contributed by atoms with Gasteiger partial charge in [-0.2, -0.15) is 4.31 Å². The number of sulfonamides is 1. The van der Waals surface area contributed by atoms with Crippen LogP contribution in [0.2, 0.25) is 0 Å². The summed E-state index contributed by atoms with van der Waals surface area (Å²) in [5.74, 6) is 0.687. The summed E-state index contributed by atoms with van der Waals surface area (Å²) in [6.45, 7) is 3.48. The summed E-state index contributed by atoms with van der Waals surface area (Å²) in [6, 6.07) is 5.39. The Hall–Kier alpha value is -0.820. The molecule has 3 rings (SSSR count). The minimum absolute atomic E-state index is 0. The van der Waals surface area contributed by atoms with Gasteiger partial charge < -0.3 is 10.1 Å². The maximum atomic E-state index is 13.1. The summed E-state index contributed by atoms with van der Waals surface area (Å²) in [5, 5.41) is 3.34. The van der Waals surface area contributed by atoms with Crippen LogP contribution in [-0.4, -0.2) is 45.0 Å². The van der Waals surface area contributed by atoms with E-state index in [-0.39, 0.29) is 24.5 Å². The second kappa shape index (κ2) is 6.74. The van der Waals surface area contributed by atoms with Gasteiger partial charge in [0.2, 0.25) is 10.0 Å². The Morgan fingerprint density at radius 1 is 1.23 bits per heavy atom. The normalized spacial score (nSPS) is 25.4. The predicted molar refractivity (Wildman–Crippen MR) is 88.3 cm³/mol. The molecular formula is C15H23ClN2O3S. The van der Waals surface area contributed by atoms with Crippen molar-refractivity contribution in [2.45, 2.75) is 43.2 Å². The van der Waals surface area contributed by atoms with E-state index in [0.717, 1.165) is 37.9 Å². The summed E-state index contributed by atoms with van der Waals surface area (Å²) in [7, 11) is -1.85. The van der Waals surface area contributed by atoms with E-state index in [2.05, 4.69) is 5.32 Å². The Bertz CT molecular complexity index is 622. The van der Waals surface area contributed by atoms with E-state index < -0.39 is 10.0 Å². The number of hydrogen-bond donors (Lipinski definition) is 1. The van der Waals surface area contributed by atoms with Crippen LogP contribution in [0.5, 0.6) is 5.75 Å². The molecular weight excluding hydrogens is 324 g/mol. The van der Waals surface area contributed by atoms with Crippen molar-refractivity contribution in [3.63, 3.8) is 0 Å². The van der Waals surface area contributed by atoms with Gasteiger partial charge in [0.05, 0.1) is 12.0 Å².